The van der Waals surface area contributed by atoms with Crippen LogP contribution in [0.15, 0.2) is 42.5 Å². The minimum Gasteiger partial charge on any atom is -0.457 e. The van der Waals surface area contributed by atoms with Gasteiger partial charge in [-0.1, -0.05) is 23.7 Å². The van der Waals surface area contributed by atoms with Gasteiger partial charge in [-0.25, -0.2) is 4.57 Å². The maximum Gasteiger partial charge on any atom is 0.472 e. The molecule has 11 heteroatoms. The third-order valence-corrected chi connectivity index (χ3v) is 5.81. The van der Waals surface area contributed by atoms with E-state index in [9.17, 15) is 22.6 Å². The lowest BCUT2D eigenvalue weighted by molar-refractivity contribution is -0.137. The first-order valence-corrected chi connectivity index (χ1v) is 10.9. The highest BCUT2D eigenvalue weighted by atomic mass is 35.5. The van der Waals surface area contributed by atoms with E-state index in [2.05, 4.69) is 0 Å². The molecule has 0 bridgehead atoms. The van der Waals surface area contributed by atoms with Crippen LogP contribution in [-0.4, -0.2) is 23.6 Å². The number of ether oxygens (including phenoxy) is 1. The van der Waals surface area contributed by atoms with Crippen molar-refractivity contribution < 1.29 is 36.4 Å². The fourth-order valence-corrected chi connectivity index (χ4v) is 4.07. The Kier molecular flexibility index (Phi) is 6.81. The van der Waals surface area contributed by atoms with E-state index < -0.39 is 30.1 Å². The van der Waals surface area contributed by atoms with E-state index in [0.717, 1.165) is 17.7 Å². The van der Waals surface area contributed by atoms with E-state index in [1.165, 1.54) is 6.07 Å². The largest absolute Gasteiger partial charge is 0.472 e. The highest BCUT2D eigenvalue weighted by molar-refractivity contribution is 7.47. The quantitative estimate of drug-likeness (QED) is 0.561. The Balaban J connectivity index is 1.54. The van der Waals surface area contributed by atoms with Crippen LogP contribution in [-0.2, 0) is 26.2 Å². The lowest BCUT2D eigenvalue weighted by Crippen LogP contribution is -2.50. The zero-order valence-corrected chi connectivity index (χ0v) is 17.3. The minimum atomic E-state index is -4.57. The molecule has 1 aliphatic heterocycles. The molecule has 3 rings (SSSR count). The van der Waals surface area contributed by atoms with Gasteiger partial charge in [0.2, 0.25) is 0 Å². The Morgan fingerprint density at radius 2 is 1.73 bits per heavy atom. The van der Waals surface area contributed by atoms with Crippen LogP contribution in [0, 0.1) is 0 Å². The van der Waals surface area contributed by atoms with Crippen molar-refractivity contribution in [1.82, 2.24) is 0 Å². The summed E-state index contributed by atoms with van der Waals surface area (Å²) < 4.78 is 65.1. The molecule has 1 fully saturated rings. The molecule has 2 aromatic rings. The maximum atomic E-state index is 12.9. The van der Waals surface area contributed by atoms with Crippen molar-refractivity contribution in [3.05, 3.63) is 58.6 Å². The zero-order valence-electron chi connectivity index (χ0n) is 15.7. The molecule has 0 radical (unpaired) electrons. The molecular weight excluding hydrogens is 446 g/mol. The van der Waals surface area contributed by atoms with Gasteiger partial charge in [-0.05, 0) is 55.2 Å². The number of hydrogen-bond donors (Lipinski definition) is 2. The predicted molar refractivity (Wildman–Crippen MR) is 105 cm³/mol. The van der Waals surface area contributed by atoms with Crippen LogP contribution < -0.4 is 10.5 Å². The molecule has 1 heterocycles. The van der Waals surface area contributed by atoms with Gasteiger partial charge < -0.3 is 15.4 Å². The Morgan fingerprint density at radius 3 is 2.33 bits per heavy atom. The molecular formula is C19H20ClF3NO5P. The second-order valence-corrected chi connectivity index (χ2v) is 8.98. The molecule has 0 aromatic heterocycles. The Morgan fingerprint density at radius 1 is 1.13 bits per heavy atom. The van der Waals surface area contributed by atoms with Crippen LogP contribution in [0.5, 0.6) is 11.5 Å². The van der Waals surface area contributed by atoms with Crippen LogP contribution in [0.1, 0.15) is 24.0 Å². The summed E-state index contributed by atoms with van der Waals surface area (Å²) >= 11 is 5.61. The maximum absolute atomic E-state index is 12.9. The van der Waals surface area contributed by atoms with E-state index in [1.807, 2.05) is 0 Å². The van der Waals surface area contributed by atoms with Crippen molar-refractivity contribution in [3.63, 3.8) is 0 Å². The number of rotatable bonds is 6. The molecule has 0 amide bonds. The summed E-state index contributed by atoms with van der Waals surface area (Å²) in [6.45, 7) is -0.122. The van der Waals surface area contributed by atoms with Crippen molar-refractivity contribution in [3.8, 4) is 11.5 Å². The summed E-state index contributed by atoms with van der Waals surface area (Å²) in [5.74, 6) is 0.417. The van der Waals surface area contributed by atoms with Crippen LogP contribution in [0.4, 0.5) is 13.2 Å². The first-order chi connectivity index (χ1) is 14.0. The number of alkyl halides is 3. The Bertz CT molecular complexity index is 927. The zero-order chi connectivity index (χ0) is 22.0. The molecule has 0 atom stereocenters. The van der Waals surface area contributed by atoms with E-state index in [-0.39, 0.29) is 19.0 Å². The summed E-state index contributed by atoms with van der Waals surface area (Å²) in [7, 11) is -3.97. The number of phosphoric acid groups is 1. The van der Waals surface area contributed by atoms with Crippen LogP contribution in [0.3, 0.4) is 0 Å². The van der Waals surface area contributed by atoms with E-state index in [1.54, 1.807) is 24.3 Å². The predicted octanol–water partition coefficient (Wildman–Crippen LogP) is 5.32. The second-order valence-electron chi connectivity index (χ2n) is 7.12. The Labute approximate surface area is 176 Å². The smallest absolute Gasteiger partial charge is 0.457 e. The summed E-state index contributed by atoms with van der Waals surface area (Å²) in [5, 5.41) is -0.390. The minimum absolute atomic E-state index is 0.0306. The first kappa shape index (κ1) is 23.1. The standard InChI is InChI=1S/C19H20ClF3NO5P/c20-17-8-7-15(10-16(17)19(21,22)23)29-14-5-3-13(4-6-14)2-1-9-18(24)11-27-30(25,26)28-12-18/h3-8,10H,1-2,9,11-12,24H2,(H,25,26). The first-order valence-electron chi connectivity index (χ1n) is 9.00. The molecule has 1 aliphatic rings. The molecule has 0 saturated carbocycles. The van der Waals surface area contributed by atoms with Crippen molar-refractivity contribution in [2.75, 3.05) is 13.2 Å². The number of nitrogens with two attached hydrogens (primary N) is 1. The second kappa shape index (κ2) is 8.86. The molecule has 1 saturated heterocycles. The number of phosphoric ester groups is 1. The summed E-state index contributed by atoms with van der Waals surface area (Å²) in [6, 6.07) is 10.3. The van der Waals surface area contributed by atoms with Crippen molar-refractivity contribution in [2.45, 2.75) is 31.0 Å². The molecule has 30 heavy (non-hydrogen) atoms. The number of benzene rings is 2. The molecule has 0 aliphatic carbocycles. The van der Waals surface area contributed by atoms with Gasteiger partial charge in [-0.3, -0.25) is 9.05 Å². The van der Waals surface area contributed by atoms with Crippen LogP contribution >= 0.6 is 19.4 Å². The van der Waals surface area contributed by atoms with Gasteiger partial charge in [0.15, 0.2) is 0 Å². The van der Waals surface area contributed by atoms with Crippen molar-refractivity contribution in [2.24, 2.45) is 5.73 Å². The van der Waals surface area contributed by atoms with Crippen LogP contribution in [0.2, 0.25) is 5.02 Å². The fourth-order valence-electron chi connectivity index (χ4n) is 2.93. The SMILES string of the molecule is NC1(CCCc2ccc(Oc3ccc(Cl)c(C(F)(F)F)c3)cc2)COP(=O)(O)OC1. The third-order valence-electron chi connectivity index (χ3n) is 4.57. The molecule has 6 nitrogen and oxygen atoms in total. The lowest BCUT2D eigenvalue weighted by Gasteiger charge is -2.34. The van der Waals surface area contributed by atoms with Gasteiger partial charge in [-0.2, -0.15) is 13.2 Å². The van der Waals surface area contributed by atoms with Crippen molar-refractivity contribution >= 4 is 19.4 Å². The summed E-state index contributed by atoms with van der Waals surface area (Å²) in [5.41, 5.74) is 5.31. The number of aryl methyl sites for hydroxylation is 1. The molecule has 2 aromatic carbocycles. The molecule has 3 N–H and O–H groups in total. The number of hydrogen-bond acceptors (Lipinski definition) is 5. The van der Waals surface area contributed by atoms with Crippen LogP contribution in [0.25, 0.3) is 0 Å². The normalized spacial score (nSPS) is 24.6. The molecule has 0 spiro atoms. The lowest BCUT2D eigenvalue weighted by atomic mass is 9.94. The topological polar surface area (TPSA) is 91.0 Å². The molecule has 164 valence electrons. The van der Waals surface area contributed by atoms with Gasteiger partial charge in [0.25, 0.3) is 0 Å². The summed E-state index contributed by atoms with van der Waals surface area (Å²) in [6.07, 6.45) is -2.68. The van der Waals surface area contributed by atoms with Crippen molar-refractivity contribution in [1.29, 1.82) is 0 Å². The number of halogens is 4. The average Bonchev–Trinajstić information content (AvgIpc) is 2.67. The van der Waals surface area contributed by atoms with Gasteiger partial charge in [0.1, 0.15) is 11.5 Å². The van der Waals surface area contributed by atoms with E-state index in [4.69, 9.17) is 31.1 Å². The highest BCUT2D eigenvalue weighted by Gasteiger charge is 2.38. The summed E-state index contributed by atoms with van der Waals surface area (Å²) in [4.78, 5) is 9.19. The van der Waals surface area contributed by atoms with Gasteiger partial charge in [-0.15, -0.1) is 0 Å². The van der Waals surface area contributed by atoms with E-state index >= 15 is 0 Å². The highest BCUT2D eigenvalue weighted by Crippen LogP contribution is 2.48. The monoisotopic (exact) mass is 465 g/mol. The van der Waals surface area contributed by atoms with E-state index in [0.29, 0.717) is 25.0 Å². The third kappa shape index (κ3) is 6.20. The fraction of sp³-hybridized carbons (Fsp3) is 0.368. The Hall–Kier alpha value is -1.61. The molecule has 0 unspecified atom stereocenters. The van der Waals surface area contributed by atoms with Gasteiger partial charge >= 0.3 is 14.0 Å². The van der Waals surface area contributed by atoms with Gasteiger partial charge in [0, 0.05) is 0 Å². The van der Waals surface area contributed by atoms with Gasteiger partial charge in [0.05, 0.1) is 29.3 Å². The average molecular weight is 466 g/mol.